The molecule has 3 aromatic carbocycles. The molecule has 0 radical (unpaired) electrons. The van der Waals surface area contributed by atoms with Crippen molar-refractivity contribution < 1.29 is 14.6 Å². The highest BCUT2D eigenvalue weighted by Crippen LogP contribution is 2.32. The third kappa shape index (κ3) is 5.37. The number of para-hydroxylation sites is 1. The highest BCUT2D eigenvalue weighted by atomic mass is 16.5. The summed E-state index contributed by atoms with van der Waals surface area (Å²) in [5, 5.41) is 9.88. The molecule has 0 aliphatic heterocycles. The second-order valence-electron chi connectivity index (χ2n) is 7.84. The van der Waals surface area contributed by atoms with E-state index in [1.165, 1.54) is 5.56 Å². The van der Waals surface area contributed by atoms with E-state index < -0.39 is 5.60 Å². The molecule has 1 N–H and O–H groups in total. The van der Waals surface area contributed by atoms with Crippen LogP contribution in [0.1, 0.15) is 30.5 Å². The Balaban J connectivity index is 1.79. The van der Waals surface area contributed by atoms with E-state index in [1.807, 2.05) is 42.5 Å². The maximum absolute atomic E-state index is 9.88. The molecule has 0 fully saturated rings. The molecule has 0 bridgehead atoms. The monoisotopic (exact) mass is 376 g/mol. The molecule has 28 heavy (non-hydrogen) atoms. The topological polar surface area (TPSA) is 38.7 Å². The van der Waals surface area contributed by atoms with Crippen LogP contribution < -0.4 is 9.47 Å². The molecule has 0 aromatic heterocycles. The first kappa shape index (κ1) is 20.0. The number of ether oxygens (including phenoxy) is 2. The van der Waals surface area contributed by atoms with Crippen molar-refractivity contribution in [1.29, 1.82) is 0 Å². The number of hydrogen-bond donors (Lipinski definition) is 1. The SMILES string of the molecule is Cc1cc(OCC(C)(C)O)cc(C)c1-c1cccc(COc2ccccc2)c1. The molecule has 0 unspecified atom stereocenters. The van der Waals surface area contributed by atoms with Crippen LogP contribution in [0.5, 0.6) is 11.5 Å². The molecule has 0 spiro atoms. The van der Waals surface area contributed by atoms with Crippen molar-refractivity contribution in [2.75, 3.05) is 6.61 Å². The molecule has 0 atom stereocenters. The number of rotatable bonds is 7. The summed E-state index contributed by atoms with van der Waals surface area (Å²) in [6.45, 7) is 8.45. The van der Waals surface area contributed by atoms with Crippen molar-refractivity contribution in [2.24, 2.45) is 0 Å². The molecule has 0 aliphatic rings. The van der Waals surface area contributed by atoms with E-state index in [2.05, 4.69) is 38.1 Å². The van der Waals surface area contributed by atoms with Gasteiger partial charge < -0.3 is 14.6 Å². The molecule has 146 valence electrons. The molecule has 0 aliphatic carbocycles. The van der Waals surface area contributed by atoms with Crippen LogP contribution in [0.4, 0.5) is 0 Å². The van der Waals surface area contributed by atoms with Crippen molar-refractivity contribution in [3.8, 4) is 22.6 Å². The number of hydrogen-bond acceptors (Lipinski definition) is 3. The smallest absolute Gasteiger partial charge is 0.120 e. The summed E-state index contributed by atoms with van der Waals surface area (Å²) >= 11 is 0. The lowest BCUT2D eigenvalue weighted by Gasteiger charge is -2.19. The predicted octanol–water partition coefficient (Wildman–Crippen LogP) is 5.70. The standard InChI is InChI=1S/C25H28O3/c1-18-13-23(28-17-25(3,4)26)14-19(2)24(18)21-10-8-9-20(15-21)16-27-22-11-6-5-7-12-22/h5-15,26H,16-17H2,1-4H3. The van der Waals surface area contributed by atoms with Crippen molar-refractivity contribution >= 4 is 0 Å². The lowest BCUT2D eigenvalue weighted by molar-refractivity contribution is 0.0284. The van der Waals surface area contributed by atoms with Gasteiger partial charge >= 0.3 is 0 Å². The molecule has 3 aromatic rings. The fraction of sp³-hybridized carbons (Fsp3) is 0.280. The largest absolute Gasteiger partial charge is 0.491 e. The molecule has 3 rings (SSSR count). The zero-order valence-electron chi connectivity index (χ0n) is 17.0. The Bertz CT molecular complexity index is 901. The Labute approximate surface area is 167 Å². The average molecular weight is 376 g/mol. The Morgan fingerprint density at radius 3 is 2.11 bits per heavy atom. The van der Waals surface area contributed by atoms with Gasteiger partial charge in [-0.3, -0.25) is 0 Å². The Kier molecular flexibility index (Phi) is 6.05. The van der Waals surface area contributed by atoms with Gasteiger partial charge in [0, 0.05) is 0 Å². The molecule has 0 saturated heterocycles. The van der Waals surface area contributed by atoms with Gasteiger partial charge in [0.15, 0.2) is 0 Å². The van der Waals surface area contributed by atoms with Gasteiger partial charge in [-0.25, -0.2) is 0 Å². The molecular weight excluding hydrogens is 348 g/mol. The lowest BCUT2D eigenvalue weighted by atomic mass is 9.94. The molecule has 3 nitrogen and oxygen atoms in total. The van der Waals surface area contributed by atoms with E-state index in [0.717, 1.165) is 33.8 Å². The summed E-state index contributed by atoms with van der Waals surface area (Å²) in [4.78, 5) is 0. The van der Waals surface area contributed by atoms with Crippen LogP contribution in [0.25, 0.3) is 11.1 Å². The molecule has 3 heteroatoms. The van der Waals surface area contributed by atoms with E-state index in [1.54, 1.807) is 13.8 Å². The Morgan fingerprint density at radius 2 is 1.46 bits per heavy atom. The second-order valence-corrected chi connectivity index (χ2v) is 7.84. The van der Waals surface area contributed by atoms with Gasteiger partial charge in [0.05, 0.1) is 5.60 Å². The average Bonchev–Trinajstić information content (AvgIpc) is 2.65. The summed E-state index contributed by atoms with van der Waals surface area (Å²) in [7, 11) is 0. The zero-order chi connectivity index (χ0) is 20.1. The first-order valence-electron chi connectivity index (χ1n) is 9.55. The zero-order valence-corrected chi connectivity index (χ0v) is 17.0. The predicted molar refractivity (Wildman–Crippen MR) is 114 cm³/mol. The summed E-state index contributed by atoms with van der Waals surface area (Å²) in [5.41, 5.74) is 4.93. The van der Waals surface area contributed by atoms with E-state index in [0.29, 0.717) is 6.61 Å². The van der Waals surface area contributed by atoms with Gasteiger partial charge in [-0.15, -0.1) is 0 Å². The van der Waals surface area contributed by atoms with Crippen molar-refractivity contribution in [3.05, 3.63) is 83.4 Å². The molecule has 0 heterocycles. The van der Waals surface area contributed by atoms with Gasteiger partial charge in [-0.2, -0.15) is 0 Å². The van der Waals surface area contributed by atoms with Crippen LogP contribution >= 0.6 is 0 Å². The maximum atomic E-state index is 9.88. The van der Waals surface area contributed by atoms with Gasteiger partial charge in [0.25, 0.3) is 0 Å². The second kappa shape index (κ2) is 8.49. The minimum Gasteiger partial charge on any atom is -0.491 e. The maximum Gasteiger partial charge on any atom is 0.120 e. The molecule has 0 amide bonds. The number of benzene rings is 3. The summed E-state index contributed by atoms with van der Waals surface area (Å²) in [6, 6.07) is 22.4. The highest BCUT2D eigenvalue weighted by Gasteiger charge is 2.15. The minimum atomic E-state index is -0.854. The minimum absolute atomic E-state index is 0.261. The Morgan fingerprint density at radius 1 is 0.786 bits per heavy atom. The van der Waals surface area contributed by atoms with Crippen LogP contribution in [0, 0.1) is 13.8 Å². The molecule has 0 saturated carbocycles. The normalized spacial score (nSPS) is 11.3. The van der Waals surface area contributed by atoms with Gasteiger partial charge in [-0.1, -0.05) is 36.4 Å². The van der Waals surface area contributed by atoms with Gasteiger partial charge in [0.1, 0.15) is 24.7 Å². The highest BCUT2D eigenvalue weighted by molar-refractivity contribution is 5.72. The van der Waals surface area contributed by atoms with Gasteiger partial charge in [0.2, 0.25) is 0 Å². The lowest BCUT2D eigenvalue weighted by Crippen LogP contribution is -2.27. The fourth-order valence-electron chi connectivity index (χ4n) is 3.22. The van der Waals surface area contributed by atoms with E-state index in [-0.39, 0.29) is 6.61 Å². The van der Waals surface area contributed by atoms with Crippen LogP contribution in [-0.2, 0) is 6.61 Å². The first-order chi connectivity index (χ1) is 13.3. The van der Waals surface area contributed by atoms with E-state index >= 15 is 0 Å². The van der Waals surface area contributed by atoms with Crippen LogP contribution in [0.2, 0.25) is 0 Å². The van der Waals surface area contributed by atoms with Crippen molar-refractivity contribution in [3.63, 3.8) is 0 Å². The van der Waals surface area contributed by atoms with Crippen LogP contribution in [0.15, 0.2) is 66.7 Å². The third-order valence-electron chi connectivity index (χ3n) is 4.46. The van der Waals surface area contributed by atoms with E-state index in [9.17, 15) is 5.11 Å². The number of aliphatic hydroxyl groups is 1. The van der Waals surface area contributed by atoms with Crippen LogP contribution in [0.3, 0.4) is 0 Å². The van der Waals surface area contributed by atoms with E-state index in [4.69, 9.17) is 9.47 Å². The van der Waals surface area contributed by atoms with Gasteiger partial charge in [-0.05, 0) is 85.8 Å². The molecular formula is C25H28O3. The fourth-order valence-corrected chi connectivity index (χ4v) is 3.22. The van der Waals surface area contributed by atoms with Crippen LogP contribution in [-0.4, -0.2) is 17.3 Å². The Hall–Kier alpha value is -2.78. The quantitative estimate of drug-likeness (QED) is 0.575. The van der Waals surface area contributed by atoms with Crippen molar-refractivity contribution in [1.82, 2.24) is 0 Å². The summed E-state index contributed by atoms with van der Waals surface area (Å²) < 4.78 is 11.6. The summed E-state index contributed by atoms with van der Waals surface area (Å²) in [6.07, 6.45) is 0. The van der Waals surface area contributed by atoms with Crippen molar-refractivity contribution in [2.45, 2.75) is 39.9 Å². The number of aryl methyl sites for hydroxylation is 2. The summed E-state index contributed by atoms with van der Waals surface area (Å²) in [5.74, 6) is 1.65. The third-order valence-corrected chi connectivity index (χ3v) is 4.46. The first-order valence-corrected chi connectivity index (χ1v) is 9.55.